The maximum Gasteiger partial charge on any atom is 0.243 e. The zero-order chi connectivity index (χ0) is 13.1. The van der Waals surface area contributed by atoms with Crippen LogP contribution in [0, 0.1) is 6.92 Å². The van der Waals surface area contributed by atoms with Crippen LogP contribution in [0.25, 0.3) is 5.65 Å². The van der Waals surface area contributed by atoms with E-state index in [1.807, 2.05) is 16.8 Å². The van der Waals surface area contributed by atoms with Crippen LogP contribution in [0.3, 0.4) is 0 Å². The molecule has 0 unspecified atom stereocenters. The van der Waals surface area contributed by atoms with Gasteiger partial charge in [0.05, 0.1) is 0 Å². The van der Waals surface area contributed by atoms with Crippen molar-refractivity contribution in [3.8, 4) is 0 Å². The van der Waals surface area contributed by atoms with E-state index in [4.69, 9.17) is 0 Å². The van der Waals surface area contributed by atoms with Crippen molar-refractivity contribution < 1.29 is 0 Å². The highest BCUT2D eigenvalue weighted by Crippen LogP contribution is 2.20. The highest BCUT2D eigenvalue weighted by atomic mass is 15.3. The number of aryl methyl sites for hydroxylation is 1. The summed E-state index contributed by atoms with van der Waals surface area (Å²) in [5, 5.41) is 7.76. The molecule has 0 saturated carbocycles. The molecule has 0 radical (unpaired) electrons. The normalized spacial score (nSPS) is 15.5. The van der Waals surface area contributed by atoms with Gasteiger partial charge in [0.25, 0.3) is 0 Å². The van der Waals surface area contributed by atoms with Crippen LogP contribution in [0.4, 0.5) is 5.95 Å². The van der Waals surface area contributed by atoms with Gasteiger partial charge in [0.1, 0.15) is 0 Å². The standard InChI is InChI=1S/C15H20N4/c1-12-6-5-11-19-14(12)17-15(18-19)16-10-9-13-7-3-2-4-8-13/h5-7,11H,2-4,8-10H2,1H3,(H,16,18). The van der Waals surface area contributed by atoms with E-state index in [1.54, 1.807) is 5.57 Å². The number of nitrogens with zero attached hydrogens (tertiary/aromatic N) is 3. The fraction of sp³-hybridized carbons (Fsp3) is 0.467. The fourth-order valence-corrected chi connectivity index (χ4v) is 2.58. The molecular formula is C15H20N4. The van der Waals surface area contributed by atoms with Gasteiger partial charge in [0, 0.05) is 12.7 Å². The van der Waals surface area contributed by atoms with Gasteiger partial charge in [-0.2, -0.15) is 4.98 Å². The van der Waals surface area contributed by atoms with E-state index < -0.39 is 0 Å². The molecule has 0 spiro atoms. The lowest BCUT2D eigenvalue weighted by atomic mass is 9.97. The predicted molar refractivity (Wildman–Crippen MR) is 77.4 cm³/mol. The number of rotatable bonds is 4. The number of hydrogen-bond acceptors (Lipinski definition) is 3. The van der Waals surface area contributed by atoms with Crippen molar-refractivity contribution in [3.63, 3.8) is 0 Å². The molecule has 0 saturated heterocycles. The fourth-order valence-electron chi connectivity index (χ4n) is 2.58. The first-order valence-electron chi connectivity index (χ1n) is 7.07. The summed E-state index contributed by atoms with van der Waals surface area (Å²) in [4.78, 5) is 4.52. The van der Waals surface area contributed by atoms with Gasteiger partial charge in [0.15, 0.2) is 5.65 Å². The minimum Gasteiger partial charge on any atom is -0.353 e. The smallest absolute Gasteiger partial charge is 0.243 e. The highest BCUT2D eigenvalue weighted by molar-refractivity contribution is 5.49. The monoisotopic (exact) mass is 256 g/mol. The van der Waals surface area contributed by atoms with Gasteiger partial charge >= 0.3 is 0 Å². The number of anilines is 1. The maximum absolute atomic E-state index is 4.52. The molecule has 3 rings (SSSR count). The lowest BCUT2D eigenvalue weighted by Crippen LogP contribution is -2.05. The molecular weight excluding hydrogens is 236 g/mol. The SMILES string of the molecule is Cc1cccn2nc(NCCC3=CCCCC3)nc12. The van der Waals surface area contributed by atoms with E-state index in [1.165, 1.54) is 25.7 Å². The van der Waals surface area contributed by atoms with Crippen molar-refractivity contribution >= 4 is 11.6 Å². The van der Waals surface area contributed by atoms with E-state index in [0.717, 1.165) is 30.1 Å². The number of allylic oxidation sites excluding steroid dienone is 1. The summed E-state index contributed by atoms with van der Waals surface area (Å²) in [7, 11) is 0. The first kappa shape index (κ1) is 12.2. The molecule has 2 aromatic heterocycles. The summed E-state index contributed by atoms with van der Waals surface area (Å²) in [5.41, 5.74) is 3.67. The van der Waals surface area contributed by atoms with Gasteiger partial charge in [-0.15, -0.1) is 5.10 Å². The Morgan fingerprint density at radius 2 is 2.32 bits per heavy atom. The molecule has 4 heteroatoms. The minimum absolute atomic E-state index is 0.728. The van der Waals surface area contributed by atoms with Gasteiger partial charge in [-0.05, 0) is 50.7 Å². The summed E-state index contributed by atoms with van der Waals surface area (Å²) < 4.78 is 1.83. The zero-order valence-electron chi connectivity index (χ0n) is 11.4. The molecule has 2 aromatic rings. The van der Waals surface area contributed by atoms with Crippen LogP contribution in [0.15, 0.2) is 30.0 Å². The minimum atomic E-state index is 0.728. The summed E-state index contributed by atoms with van der Waals surface area (Å²) in [5.74, 6) is 0.728. The lowest BCUT2D eigenvalue weighted by molar-refractivity contribution is 0.679. The highest BCUT2D eigenvalue weighted by Gasteiger charge is 2.06. The molecule has 1 N–H and O–H groups in total. The second-order valence-electron chi connectivity index (χ2n) is 5.18. The Morgan fingerprint density at radius 1 is 1.37 bits per heavy atom. The first-order valence-corrected chi connectivity index (χ1v) is 7.07. The summed E-state index contributed by atoms with van der Waals surface area (Å²) >= 11 is 0. The summed E-state index contributed by atoms with van der Waals surface area (Å²) in [6.07, 6.45) is 10.6. The molecule has 0 amide bonds. The average molecular weight is 256 g/mol. The van der Waals surface area contributed by atoms with Crippen LogP contribution in [-0.2, 0) is 0 Å². The third kappa shape index (κ3) is 2.78. The van der Waals surface area contributed by atoms with E-state index in [9.17, 15) is 0 Å². The Bertz CT molecular complexity index is 597. The molecule has 0 atom stereocenters. The second-order valence-corrected chi connectivity index (χ2v) is 5.18. The summed E-state index contributed by atoms with van der Waals surface area (Å²) in [6.45, 7) is 2.97. The van der Waals surface area contributed by atoms with E-state index in [-0.39, 0.29) is 0 Å². The van der Waals surface area contributed by atoms with Gasteiger partial charge in [-0.3, -0.25) is 0 Å². The molecule has 1 aliphatic carbocycles. The van der Waals surface area contributed by atoms with Crippen molar-refractivity contribution in [3.05, 3.63) is 35.5 Å². The van der Waals surface area contributed by atoms with Crippen molar-refractivity contribution in [2.75, 3.05) is 11.9 Å². The summed E-state index contributed by atoms with van der Waals surface area (Å²) in [6, 6.07) is 4.05. The lowest BCUT2D eigenvalue weighted by Gasteiger charge is -2.12. The van der Waals surface area contributed by atoms with E-state index >= 15 is 0 Å². The largest absolute Gasteiger partial charge is 0.353 e. The molecule has 100 valence electrons. The van der Waals surface area contributed by atoms with Crippen molar-refractivity contribution in [1.29, 1.82) is 0 Å². The number of fused-ring (bicyclic) bond motifs is 1. The predicted octanol–water partition coefficient (Wildman–Crippen LogP) is 3.34. The Labute approximate surface area is 113 Å². The van der Waals surface area contributed by atoms with Crippen molar-refractivity contribution in [2.24, 2.45) is 0 Å². The second kappa shape index (κ2) is 5.43. The molecule has 0 fully saturated rings. The van der Waals surface area contributed by atoms with Gasteiger partial charge in [0.2, 0.25) is 5.95 Å². The first-order chi connectivity index (χ1) is 9.33. The average Bonchev–Trinajstić information content (AvgIpc) is 2.84. The van der Waals surface area contributed by atoms with E-state index in [2.05, 4.69) is 34.5 Å². The van der Waals surface area contributed by atoms with Crippen LogP contribution in [0.1, 0.15) is 37.7 Å². The molecule has 19 heavy (non-hydrogen) atoms. The number of nitrogens with one attached hydrogen (secondary N) is 1. The maximum atomic E-state index is 4.52. The van der Waals surface area contributed by atoms with Crippen LogP contribution in [-0.4, -0.2) is 21.1 Å². The van der Waals surface area contributed by atoms with Crippen molar-refractivity contribution in [1.82, 2.24) is 14.6 Å². The molecule has 0 bridgehead atoms. The molecule has 0 aromatic carbocycles. The topological polar surface area (TPSA) is 42.2 Å². The van der Waals surface area contributed by atoms with Crippen LogP contribution in [0.2, 0.25) is 0 Å². The van der Waals surface area contributed by atoms with Crippen LogP contribution in [0.5, 0.6) is 0 Å². The van der Waals surface area contributed by atoms with E-state index in [0.29, 0.717) is 0 Å². The Hall–Kier alpha value is -1.84. The Balaban J connectivity index is 1.62. The van der Waals surface area contributed by atoms with Gasteiger partial charge in [-0.25, -0.2) is 4.52 Å². The van der Waals surface area contributed by atoms with Crippen molar-refractivity contribution in [2.45, 2.75) is 39.0 Å². The number of hydrogen-bond donors (Lipinski definition) is 1. The molecule has 2 heterocycles. The van der Waals surface area contributed by atoms with Crippen LogP contribution >= 0.6 is 0 Å². The Morgan fingerprint density at radius 3 is 3.11 bits per heavy atom. The third-order valence-corrected chi connectivity index (χ3v) is 3.67. The zero-order valence-corrected chi connectivity index (χ0v) is 11.4. The number of pyridine rings is 1. The van der Waals surface area contributed by atoms with Gasteiger partial charge in [-0.1, -0.05) is 17.7 Å². The van der Waals surface area contributed by atoms with Gasteiger partial charge < -0.3 is 5.32 Å². The molecule has 1 aliphatic rings. The quantitative estimate of drug-likeness (QED) is 0.853. The molecule has 0 aliphatic heterocycles. The molecule has 4 nitrogen and oxygen atoms in total. The third-order valence-electron chi connectivity index (χ3n) is 3.67. The van der Waals surface area contributed by atoms with Crippen LogP contribution < -0.4 is 5.32 Å². The Kier molecular flexibility index (Phi) is 3.49. The number of aromatic nitrogens is 3.